The van der Waals surface area contributed by atoms with Gasteiger partial charge < -0.3 is 16.4 Å². The van der Waals surface area contributed by atoms with Crippen molar-refractivity contribution in [3.63, 3.8) is 0 Å². The van der Waals surface area contributed by atoms with Crippen molar-refractivity contribution in [1.82, 2.24) is 20.4 Å². The number of anilines is 1. The Labute approximate surface area is 99.4 Å². The van der Waals surface area contributed by atoms with E-state index in [1.807, 2.05) is 13.8 Å². The summed E-state index contributed by atoms with van der Waals surface area (Å²) in [5.41, 5.74) is 5.90. The number of nitrogens with zero attached hydrogens (tertiary/aromatic N) is 2. The summed E-state index contributed by atoms with van der Waals surface area (Å²) in [5, 5.41) is 8.98. The summed E-state index contributed by atoms with van der Waals surface area (Å²) in [4.78, 5) is 22.9. The van der Waals surface area contributed by atoms with Crippen molar-refractivity contribution in [2.75, 3.05) is 12.3 Å². The third kappa shape index (κ3) is 3.47. The predicted octanol–water partition coefficient (Wildman–Crippen LogP) is -0.743. The fourth-order valence-electron chi connectivity index (χ4n) is 1.25. The Bertz CT molecular complexity index is 424. The molecule has 1 rings (SSSR count). The van der Waals surface area contributed by atoms with E-state index in [0.29, 0.717) is 0 Å². The minimum atomic E-state index is -0.408. The Morgan fingerprint density at radius 2 is 2.18 bits per heavy atom. The number of hydrogen-bond acceptors (Lipinski definition) is 4. The van der Waals surface area contributed by atoms with Crippen LogP contribution in [0.5, 0.6) is 0 Å². The summed E-state index contributed by atoms with van der Waals surface area (Å²) in [7, 11) is 1.64. The molecule has 0 atom stereocenters. The van der Waals surface area contributed by atoms with Gasteiger partial charge in [0.2, 0.25) is 5.91 Å². The number of nitrogens with one attached hydrogen (secondary N) is 2. The number of carbonyl (C=O) groups is 2. The molecule has 4 N–H and O–H groups in total. The Hall–Kier alpha value is -2.05. The van der Waals surface area contributed by atoms with Gasteiger partial charge in [-0.1, -0.05) is 0 Å². The van der Waals surface area contributed by atoms with Crippen LogP contribution in [0.2, 0.25) is 0 Å². The lowest BCUT2D eigenvalue weighted by Gasteiger charge is -2.08. The summed E-state index contributed by atoms with van der Waals surface area (Å²) < 4.78 is 1.39. The first-order valence-corrected chi connectivity index (χ1v) is 5.27. The number of nitrogens with two attached hydrogens (primary N) is 1. The molecule has 7 nitrogen and oxygen atoms in total. The topological polar surface area (TPSA) is 102 Å². The highest BCUT2D eigenvalue weighted by Gasteiger charge is 2.14. The first-order valence-electron chi connectivity index (χ1n) is 5.27. The van der Waals surface area contributed by atoms with Gasteiger partial charge in [-0.25, -0.2) is 0 Å². The maximum absolute atomic E-state index is 11.6. The highest BCUT2D eigenvalue weighted by Crippen LogP contribution is 2.08. The minimum absolute atomic E-state index is 0.0443. The van der Waals surface area contributed by atoms with E-state index < -0.39 is 5.91 Å². The molecule has 0 bridgehead atoms. The van der Waals surface area contributed by atoms with Gasteiger partial charge in [0.25, 0.3) is 5.91 Å². The third-order valence-corrected chi connectivity index (χ3v) is 2.09. The van der Waals surface area contributed by atoms with Gasteiger partial charge in [0, 0.05) is 13.1 Å². The standard InChI is InChI=1S/C10H17N5O2/c1-6(2)14-8(16)5-12-10(17)7-4-13-15(3)9(7)11/h4,6H,5,11H2,1-3H3,(H,12,17)(H,14,16). The second-order valence-corrected chi connectivity index (χ2v) is 3.97. The van der Waals surface area contributed by atoms with Crippen molar-refractivity contribution < 1.29 is 9.59 Å². The second kappa shape index (κ2) is 5.33. The van der Waals surface area contributed by atoms with Gasteiger partial charge in [-0.2, -0.15) is 5.10 Å². The van der Waals surface area contributed by atoms with E-state index in [1.54, 1.807) is 7.05 Å². The van der Waals surface area contributed by atoms with Gasteiger partial charge in [0.15, 0.2) is 0 Å². The van der Waals surface area contributed by atoms with Crippen LogP contribution >= 0.6 is 0 Å². The molecule has 0 aliphatic carbocycles. The fraction of sp³-hybridized carbons (Fsp3) is 0.500. The van der Waals surface area contributed by atoms with Gasteiger partial charge in [-0.05, 0) is 13.8 Å². The second-order valence-electron chi connectivity index (χ2n) is 3.97. The van der Waals surface area contributed by atoms with Gasteiger partial charge in [-0.15, -0.1) is 0 Å². The molecular formula is C10H17N5O2. The summed E-state index contributed by atoms with van der Waals surface area (Å²) in [6.07, 6.45) is 1.37. The number of carbonyl (C=O) groups excluding carboxylic acids is 2. The molecule has 0 fully saturated rings. The van der Waals surface area contributed by atoms with Crippen molar-refractivity contribution in [3.8, 4) is 0 Å². The third-order valence-electron chi connectivity index (χ3n) is 2.09. The Morgan fingerprint density at radius 1 is 1.53 bits per heavy atom. The molecule has 94 valence electrons. The van der Waals surface area contributed by atoms with E-state index >= 15 is 0 Å². The molecule has 2 amide bonds. The molecule has 1 aromatic rings. The minimum Gasteiger partial charge on any atom is -0.383 e. The Morgan fingerprint density at radius 3 is 2.65 bits per heavy atom. The van der Waals surface area contributed by atoms with Crippen molar-refractivity contribution in [3.05, 3.63) is 11.8 Å². The highest BCUT2D eigenvalue weighted by atomic mass is 16.2. The summed E-state index contributed by atoms with van der Waals surface area (Å²) in [6.45, 7) is 3.61. The molecule has 0 saturated heterocycles. The van der Waals surface area contributed by atoms with Crippen molar-refractivity contribution >= 4 is 17.6 Å². The number of aromatic nitrogens is 2. The van der Waals surface area contributed by atoms with E-state index in [4.69, 9.17) is 5.73 Å². The maximum Gasteiger partial charge on any atom is 0.257 e. The molecule has 1 heterocycles. The maximum atomic E-state index is 11.6. The first-order chi connectivity index (χ1) is 7.91. The van der Waals surface area contributed by atoms with Crippen molar-refractivity contribution in [2.24, 2.45) is 7.05 Å². The van der Waals surface area contributed by atoms with Crippen LogP contribution in [0.25, 0.3) is 0 Å². The zero-order valence-corrected chi connectivity index (χ0v) is 10.2. The van der Waals surface area contributed by atoms with Crippen LogP contribution in [0, 0.1) is 0 Å². The zero-order chi connectivity index (χ0) is 13.0. The van der Waals surface area contributed by atoms with Crippen LogP contribution in [-0.4, -0.2) is 34.2 Å². The predicted molar refractivity (Wildman–Crippen MR) is 63.2 cm³/mol. The number of nitrogen functional groups attached to an aromatic ring is 1. The molecule has 1 aromatic heterocycles. The lowest BCUT2D eigenvalue weighted by atomic mass is 10.3. The largest absolute Gasteiger partial charge is 0.383 e. The Kier molecular flexibility index (Phi) is 4.08. The summed E-state index contributed by atoms with van der Waals surface area (Å²) >= 11 is 0. The first kappa shape index (κ1) is 13.0. The molecule has 0 unspecified atom stereocenters. The van der Waals surface area contributed by atoms with E-state index in [-0.39, 0.29) is 29.9 Å². The SMILES string of the molecule is CC(C)NC(=O)CNC(=O)c1cnn(C)c1N. The van der Waals surface area contributed by atoms with Gasteiger partial charge in [-0.3, -0.25) is 14.3 Å². The number of rotatable bonds is 4. The van der Waals surface area contributed by atoms with Crippen LogP contribution in [0.3, 0.4) is 0 Å². The van der Waals surface area contributed by atoms with Gasteiger partial charge >= 0.3 is 0 Å². The molecular weight excluding hydrogens is 222 g/mol. The monoisotopic (exact) mass is 239 g/mol. The van der Waals surface area contributed by atoms with Crippen LogP contribution in [0.15, 0.2) is 6.20 Å². The molecule has 0 aliphatic rings. The number of amides is 2. The number of hydrogen-bond donors (Lipinski definition) is 3. The number of aryl methyl sites for hydroxylation is 1. The highest BCUT2D eigenvalue weighted by molar-refractivity contribution is 5.99. The van der Waals surface area contributed by atoms with E-state index in [1.165, 1.54) is 10.9 Å². The average molecular weight is 239 g/mol. The smallest absolute Gasteiger partial charge is 0.257 e. The van der Waals surface area contributed by atoms with Crippen LogP contribution in [0.4, 0.5) is 5.82 Å². The normalized spacial score (nSPS) is 10.4. The quantitative estimate of drug-likeness (QED) is 0.643. The molecule has 0 saturated carbocycles. The van der Waals surface area contributed by atoms with E-state index in [2.05, 4.69) is 15.7 Å². The van der Waals surface area contributed by atoms with Crippen LogP contribution in [0.1, 0.15) is 24.2 Å². The van der Waals surface area contributed by atoms with Gasteiger partial charge in [0.05, 0.1) is 12.7 Å². The lowest BCUT2D eigenvalue weighted by molar-refractivity contribution is -0.120. The average Bonchev–Trinajstić information content (AvgIpc) is 2.55. The molecule has 0 radical (unpaired) electrons. The molecule has 0 spiro atoms. The molecule has 0 aliphatic heterocycles. The van der Waals surface area contributed by atoms with E-state index in [0.717, 1.165) is 0 Å². The molecule has 0 aromatic carbocycles. The van der Waals surface area contributed by atoms with Crippen molar-refractivity contribution in [1.29, 1.82) is 0 Å². The Balaban J connectivity index is 2.51. The molecule has 17 heavy (non-hydrogen) atoms. The van der Waals surface area contributed by atoms with Gasteiger partial charge in [0.1, 0.15) is 11.4 Å². The van der Waals surface area contributed by atoms with Crippen molar-refractivity contribution in [2.45, 2.75) is 19.9 Å². The van der Waals surface area contributed by atoms with Crippen LogP contribution < -0.4 is 16.4 Å². The summed E-state index contributed by atoms with van der Waals surface area (Å²) in [5.74, 6) is -0.378. The zero-order valence-electron chi connectivity index (χ0n) is 10.2. The lowest BCUT2D eigenvalue weighted by Crippen LogP contribution is -2.39. The van der Waals surface area contributed by atoms with Crippen LogP contribution in [-0.2, 0) is 11.8 Å². The molecule has 7 heteroatoms. The van der Waals surface area contributed by atoms with E-state index in [9.17, 15) is 9.59 Å². The fourth-order valence-corrected chi connectivity index (χ4v) is 1.25. The summed E-state index contributed by atoms with van der Waals surface area (Å²) in [6, 6.07) is 0.0443.